The van der Waals surface area contributed by atoms with Gasteiger partial charge in [0.25, 0.3) is 0 Å². The number of benzene rings is 1. The average Bonchev–Trinajstić information content (AvgIpc) is 2.79. The Morgan fingerprint density at radius 3 is 2.94 bits per heavy atom. The van der Waals surface area contributed by atoms with Crippen molar-refractivity contribution in [2.75, 3.05) is 5.32 Å². The zero-order valence-electron chi connectivity index (χ0n) is 8.98. The first kappa shape index (κ1) is 12.8. The number of carboxylic acids is 1. The summed E-state index contributed by atoms with van der Waals surface area (Å²) < 4.78 is 13.2. The highest BCUT2D eigenvalue weighted by Gasteiger charge is 2.08. The first-order valence-corrected chi connectivity index (χ1v) is 6.18. The van der Waals surface area contributed by atoms with Crippen LogP contribution in [-0.4, -0.2) is 16.1 Å². The number of thiazole rings is 1. The second-order valence-corrected chi connectivity index (χ2v) is 4.70. The molecule has 2 aromatic rings. The van der Waals surface area contributed by atoms with Crippen LogP contribution in [0.5, 0.6) is 0 Å². The van der Waals surface area contributed by atoms with E-state index >= 15 is 0 Å². The molecule has 2 rings (SSSR count). The number of hydrogen-bond acceptors (Lipinski definition) is 4. The van der Waals surface area contributed by atoms with Crippen LogP contribution in [0.1, 0.15) is 15.5 Å². The Hall–Kier alpha value is -1.66. The summed E-state index contributed by atoms with van der Waals surface area (Å²) in [4.78, 5) is 14.5. The van der Waals surface area contributed by atoms with Crippen molar-refractivity contribution in [3.05, 3.63) is 45.1 Å². The lowest BCUT2D eigenvalue weighted by molar-refractivity contribution is 0.0696. The van der Waals surface area contributed by atoms with E-state index in [0.717, 1.165) is 11.3 Å². The third-order valence-electron chi connectivity index (χ3n) is 2.13. The van der Waals surface area contributed by atoms with Crippen LogP contribution in [-0.2, 0) is 6.54 Å². The molecule has 4 nitrogen and oxygen atoms in total. The molecule has 18 heavy (non-hydrogen) atoms. The summed E-state index contributed by atoms with van der Waals surface area (Å²) in [5, 5.41) is 13.4. The maximum Gasteiger partial charge on any atom is 0.365 e. The highest BCUT2D eigenvalue weighted by molar-refractivity contribution is 7.11. The lowest BCUT2D eigenvalue weighted by Crippen LogP contribution is -2.01. The number of carbonyl (C=O) groups is 1. The fourth-order valence-electron chi connectivity index (χ4n) is 1.29. The van der Waals surface area contributed by atoms with Gasteiger partial charge in [-0.2, -0.15) is 0 Å². The van der Waals surface area contributed by atoms with Crippen LogP contribution in [0, 0.1) is 5.82 Å². The topological polar surface area (TPSA) is 62.2 Å². The Bertz CT molecular complexity index is 588. The van der Waals surface area contributed by atoms with Crippen LogP contribution in [0.15, 0.2) is 23.6 Å². The molecule has 7 heteroatoms. The molecule has 0 amide bonds. The number of carboxylic acid groups (broad SMARTS) is 1. The van der Waals surface area contributed by atoms with Gasteiger partial charge in [-0.1, -0.05) is 11.6 Å². The molecule has 94 valence electrons. The fourth-order valence-corrected chi connectivity index (χ4v) is 2.06. The number of nitrogens with one attached hydrogen (secondary N) is 1. The summed E-state index contributed by atoms with van der Waals surface area (Å²) in [7, 11) is 0. The molecule has 0 aliphatic rings. The van der Waals surface area contributed by atoms with Gasteiger partial charge in [0.1, 0.15) is 5.82 Å². The number of aromatic nitrogens is 1. The summed E-state index contributed by atoms with van der Waals surface area (Å²) >= 11 is 6.61. The minimum Gasteiger partial charge on any atom is -0.476 e. The number of hydrogen-bond donors (Lipinski definition) is 2. The third kappa shape index (κ3) is 2.96. The van der Waals surface area contributed by atoms with Crippen LogP contribution in [0.4, 0.5) is 10.1 Å². The van der Waals surface area contributed by atoms with E-state index in [4.69, 9.17) is 16.7 Å². The SMILES string of the molecule is O=C(O)c1nc(CNc2ccc(Cl)c(F)c2)cs1. The third-order valence-corrected chi connectivity index (χ3v) is 3.31. The number of nitrogens with zero attached hydrogens (tertiary/aromatic N) is 1. The number of anilines is 1. The van der Waals surface area contributed by atoms with Gasteiger partial charge in [-0.05, 0) is 18.2 Å². The minimum absolute atomic E-state index is 0.0362. The molecule has 1 aromatic heterocycles. The first-order valence-electron chi connectivity index (χ1n) is 4.93. The van der Waals surface area contributed by atoms with E-state index in [-0.39, 0.29) is 10.0 Å². The first-order chi connectivity index (χ1) is 8.56. The van der Waals surface area contributed by atoms with Crippen molar-refractivity contribution in [3.63, 3.8) is 0 Å². The predicted molar refractivity (Wildman–Crippen MR) is 67.8 cm³/mol. The number of halogens is 2. The number of rotatable bonds is 4. The van der Waals surface area contributed by atoms with Crippen molar-refractivity contribution in [1.82, 2.24) is 4.98 Å². The minimum atomic E-state index is -1.05. The van der Waals surface area contributed by atoms with E-state index in [1.807, 2.05) is 0 Å². The molecule has 0 saturated carbocycles. The highest BCUT2D eigenvalue weighted by atomic mass is 35.5. The zero-order valence-corrected chi connectivity index (χ0v) is 10.6. The monoisotopic (exact) mass is 286 g/mol. The van der Waals surface area contributed by atoms with E-state index in [9.17, 15) is 9.18 Å². The van der Waals surface area contributed by atoms with Gasteiger partial charge in [-0.3, -0.25) is 0 Å². The van der Waals surface area contributed by atoms with E-state index in [1.54, 1.807) is 11.4 Å². The molecule has 0 saturated heterocycles. The van der Waals surface area contributed by atoms with Gasteiger partial charge in [0.15, 0.2) is 0 Å². The van der Waals surface area contributed by atoms with Crippen LogP contribution in [0.2, 0.25) is 5.02 Å². The summed E-state index contributed by atoms with van der Waals surface area (Å²) in [5.74, 6) is -1.56. The van der Waals surface area contributed by atoms with Gasteiger partial charge in [0, 0.05) is 11.1 Å². The molecule has 0 aliphatic carbocycles. The van der Waals surface area contributed by atoms with Gasteiger partial charge in [-0.25, -0.2) is 14.2 Å². The molecule has 0 unspecified atom stereocenters. The van der Waals surface area contributed by atoms with E-state index in [1.165, 1.54) is 12.1 Å². The van der Waals surface area contributed by atoms with Gasteiger partial charge in [0.05, 0.1) is 17.3 Å². The summed E-state index contributed by atoms with van der Waals surface area (Å²) in [6.07, 6.45) is 0. The van der Waals surface area contributed by atoms with Crippen molar-refractivity contribution >= 4 is 34.6 Å². The van der Waals surface area contributed by atoms with Crippen molar-refractivity contribution in [3.8, 4) is 0 Å². The molecule has 2 N–H and O–H groups in total. The van der Waals surface area contributed by atoms with Crippen LogP contribution in [0.25, 0.3) is 0 Å². The summed E-state index contributed by atoms with van der Waals surface area (Å²) in [5.41, 5.74) is 1.15. The maximum atomic E-state index is 13.2. The highest BCUT2D eigenvalue weighted by Crippen LogP contribution is 2.19. The summed E-state index contributed by atoms with van der Waals surface area (Å²) in [6, 6.07) is 4.35. The van der Waals surface area contributed by atoms with Crippen LogP contribution in [0.3, 0.4) is 0 Å². The standard InChI is InChI=1S/C11H8ClFN2O2S/c12-8-2-1-6(3-9(8)13)14-4-7-5-18-10(15-7)11(16)17/h1-3,5,14H,4H2,(H,16,17). The molecule has 0 radical (unpaired) electrons. The molecule has 1 aromatic carbocycles. The second kappa shape index (κ2) is 5.32. The van der Waals surface area contributed by atoms with Crippen LogP contribution < -0.4 is 5.32 Å². The Morgan fingerprint density at radius 2 is 2.33 bits per heavy atom. The lowest BCUT2D eigenvalue weighted by atomic mass is 10.3. The van der Waals surface area contributed by atoms with Gasteiger partial charge in [0.2, 0.25) is 5.01 Å². The van der Waals surface area contributed by atoms with Crippen molar-refractivity contribution in [1.29, 1.82) is 0 Å². The molecular formula is C11H8ClFN2O2S. The Labute approximate surface area is 111 Å². The van der Waals surface area contributed by atoms with Crippen molar-refractivity contribution < 1.29 is 14.3 Å². The molecule has 0 atom stereocenters. The Kier molecular flexibility index (Phi) is 3.78. The lowest BCUT2D eigenvalue weighted by Gasteiger charge is -2.04. The fraction of sp³-hybridized carbons (Fsp3) is 0.0909. The molecule has 0 aliphatic heterocycles. The van der Waals surface area contributed by atoms with E-state index in [2.05, 4.69) is 10.3 Å². The average molecular weight is 287 g/mol. The molecule has 0 bridgehead atoms. The quantitative estimate of drug-likeness (QED) is 0.906. The van der Waals surface area contributed by atoms with Gasteiger partial charge >= 0.3 is 5.97 Å². The second-order valence-electron chi connectivity index (χ2n) is 3.43. The molecular weight excluding hydrogens is 279 g/mol. The van der Waals surface area contributed by atoms with Gasteiger partial charge in [-0.15, -0.1) is 11.3 Å². The van der Waals surface area contributed by atoms with E-state index < -0.39 is 11.8 Å². The smallest absolute Gasteiger partial charge is 0.365 e. The Morgan fingerprint density at radius 1 is 1.56 bits per heavy atom. The molecule has 0 spiro atoms. The maximum absolute atomic E-state index is 13.2. The predicted octanol–water partition coefficient (Wildman–Crippen LogP) is 3.25. The normalized spacial score (nSPS) is 10.3. The van der Waals surface area contributed by atoms with Crippen molar-refractivity contribution in [2.45, 2.75) is 6.54 Å². The molecule has 0 fully saturated rings. The van der Waals surface area contributed by atoms with Gasteiger partial charge < -0.3 is 10.4 Å². The Balaban J connectivity index is 2.02. The van der Waals surface area contributed by atoms with Crippen molar-refractivity contribution in [2.24, 2.45) is 0 Å². The molecule has 1 heterocycles. The zero-order chi connectivity index (χ0) is 13.1. The van der Waals surface area contributed by atoms with Crippen LogP contribution >= 0.6 is 22.9 Å². The summed E-state index contributed by atoms with van der Waals surface area (Å²) in [6.45, 7) is 0.324. The largest absolute Gasteiger partial charge is 0.476 e. The number of aromatic carboxylic acids is 1. The van der Waals surface area contributed by atoms with E-state index in [0.29, 0.717) is 17.9 Å².